The van der Waals surface area contributed by atoms with Crippen LogP contribution in [-0.2, 0) is 19.3 Å². The van der Waals surface area contributed by atoms with E-state index in [2.05, 4.69) is 30.5 Å². The van der Waals surface area contributed by atoms with Gasteiger partial charge in [-0.2, -0.15) is 13.2 Å². The molecule has 0 saturated carbocycles. The molecule has 3 heterocycles. The predicted octanol–water partition coefficient (Wildman–Crippen LogP) is 6.77. The molecule has 1 aliphatic rings. The maximum atomic E-state index is 15.1. The van der Waals surface area contributed by atoms with Crippen molar-refractivity contribution in [3.05, 3.63) is 83.1 Å². The van der Waals surface area contributed by atoms with Crippen molar-refractivity contribution in [1.82, 2.24) is 24.8 Å². The summed E-state index contributed by atoms with van der Waals surface area (Å²) in [5.74, 6) is 0.749. The van der Waals surface area contributed by atoms with Crippen LogP contribution < -0.4 is 24.8 Å². The first-order valence-corrected chi connectivity index (χ1v) is 16.1. The van der Waals surface area contributed by atoms with Gasteiger partial charge in [0.15, 0.2) is 5.82 Å². The maximum absolute atomic E-state index is 15.1. The van der Waals surface area contributed by atoms with Crippen LogP contribution in [0.3, 0.4) is 0 Å². The van der Waals surface area contributed by atoms with Crippen LogP contribution >= 0.6 is 0 Å². The van der Waals surface area contributed by atoms with Crippen LogP contribution in [0.2, 0.25) is 0 Å². The first-order chi connectivity index (χ1) is 24.0. The lowest BCUT2D eigenvalue weighted by Crippen LogP contribution is -2.45. The van der Waals surface area contributed by atoms with Crippen LogP contribution in [0.25, 0.3) is 11.4 Å². The summed E-state index contributed by atoms with van der Waals surface area (Å²) >= 11 is 0. The Balaban J connectivity index is 1.26. The van der Waals surface area contributed by atoms with Crippen molar-refractivity contribution in [2.45, 2.75) is 40.1 Å². The summed E-state index contributed by atoms with van der Waals surface area (Å²) in [7, 11) is 1.59. The molecule has 15 heteroatoms. The average molecular weight is 698 g/mol. The Morgan fingerprint density at radius 2 is 1.62 bits per heavy atom. The first-order valence-electron chi connectivity index (χ1n) is 16.1. The van der Waals surface area contributed by atoms with E-state index in [4.69, 9.17) is 14.2 Å². The molecule has 0 atom stereocenters. The van der Waals surface area contributed by atoms with Gasteiger partial charge < -0.3 is 29.7 Å². The molecule has 1 aliphatic heterocycles. The fourth-order valence-corrected chi connectivity index (χ4v) is 5.42. The Bertz CT molecular complexity index is 1780. The van der Waals surface area contributed by atoms with Gasteiger partial charge >= 0.3 is 12.2 Å². The zero-order valence-corrected chi connectivity index (χ0v) is 28.2. The van der Waals surface area contributed by atoms with E-state index in [1.165, 1.54) is 12.4 Å². The van der Waals surface area contributed by atoms with Crippen LogP contribution in [0, 0.1) is 12.7 Å². The van der Waals surface area contributed by atoms with E-state index in [-0.39, 0.29) is 30.2 Å². The molecule has 2 amide bonds. The molecule has 266 valence electrons. The molecule has 2 N–H and O–H groups in total. The van der Waals surface area contributed by atoms with Gasteiger partial charge in [-0.05, 0) is 55.8 Å². The van der Waals surface area contributed by atoms with Gasteiger partial charge in [0.2, 0.25) is 5.88 Å². The normalized spacial score (nSPS) is 13.9. The number of ether oxygens (including phenoxy) is 3. The monoisotopic (exact) mass is 697 g/mol. The highest BCUT2D eigenvalue weighted by Crippen LogP contribution is 2.36. The predicted molar refractivity (Wildman–Crippen MR) is 180 cm³/mol. The second-order valence-electron chi connectivity index (χ2n) is 11.6. The molecule has 4 aromatic rings. The third kappa shape index (κ3) is 9.15. The van der Waals surface area contributed by atoms with Crippen molar-refractivity contribution in [3.63, 3.8) is 0 Å². The number of hydrogen-bond donors (Lipinski definition) is 2. The number of carbonyl (C=O) groups is 1. The number of urea groups is 1. The summed E-state index contributed by atoms with van der Waals surface area (Å²) in [6.45, 7) is 9.46. The molecule has 0 spiro atoms. The van der Waals surface area contributed by atoms with Gasteiger partial charge in [0.1, 0.15) is 23.9 Å². The molecular formula is C35H39F4N7O4. The molecule has 2 aromatic heterocycles. The molecule has 0 bridgehead atoms. The number of nitrogens with one attached hydrogen (secondary N) is 2. The zero-order valence-electron chi connectivity index (χ0n) is 28.2. The highest BCUT2D eigenvalue weighted by molar-refractivity contribution is 6.00. The maximum Gasteiger partial charge on any atom is 0.416 e. The number of likely N-dealkylation sites (N-methyl/N-ethyl adjacent to an activating group) is 1. The summed E-state index contributed by atoms with van der Waals surface area (Å²) < 4.78 is 74.1. The topological polar surface area (TPSA) is 114 Å². The minimum absolute atomic E-state index is 0.0569. The molecule has 11 nitrogen and oxygen atoms in total. The van der Waals surface area contributed by atoms with E-state index in [0.29, 0.717) is 48.6 Å². The van der Waals surface area contributed by atoms with Crippen molar-refractivity contribution < 1.29 is 36.6 Å². The molecule has 2 aromatic carbocycles. The largest absolute Gasteiger partial charge is 0.497 e. The number of alkyl halides is 3. The Morgan fingerprint density at radius 3 is 2.26 bits per heavy atom. The van der Waals surface area contributed by atoms with Crippen LogP contribution in [-0.4, -0.2) is 77.2 Å². The second kappa shape index (κ2) is 16.1. The van der Waals surface area contributed by atoms with Crippen molar-refractivity contribution in [1.29, 1.82) is 0 Å². The van der Waals surface area contributed by atoms with Crippen molar-refractivity contribution in [3.8, 4) is 28.8 Å². The van der Waals surface area contributed by atoms with Gasteiger partial charge in [-0.1, -0.05) is 19.1 Å². The Kier molecular flexibility index (Phi) is 11.7. The molecule has 5 rings (SSSR count). The average Bonchev–Trinajstić information content (AvgIpc) is 3.09. The summed E-state index contributed by atoms with van der Waals surface area (Å²) in [5, 5.41) is 4.69. The summed E-state index contributed by atoms with van der Waals surface area (Å²) in [4.78, 5) is 30.1. The van der Waals surface area contributed by atoms with Gasteiger partial charge in [0.05, 0.1) is 48.1 Å². The highest BCUT2D eigenvalue weighted by Gasteiger charge is 2.35. The fourth-order valence-electron chi connectivity index (χ4n) is 5.42. The third-order valence-electron chi connectivity index (χ3n) is 8.21. The van der Waals surface area contributed by atoms with Gasteiger partial charge in [-0.3, -0.25) is 4.90 Å². The standard InChI is InChI=1S/C35H39F4N7O4/c1-5-45-11-13-46(14-12-45)20-24-15-28(36)29(16-27(24)35(37,38)39)43-34(47)44-30-19-41-33(42-22(30)3)26-18-40-32(17-31(26)49-6-2)50-21-23-7-9-25(48-4)10-8-23/h7-10,15-19H,5-6,11-14,20-21H2,1-4H3,(H2,43,44,47). The lowest BCUT2D eigenvalue weighted by atomic mass is 10.0. The van der Waals surface area contributed by atoms with Crippen molar-refractivity contribution in [2.75, 3.05) is 57.1 Å². The SMILES string of the molecule is CCOc1cc(OCc2ccc(OC)cc2)ncc1-c1ncc(NC(=O)Nc2cc(C(F)(F)F)c(CN3CCN(CC)CC3)cc2F)c(C)n1. The van der Waals surface area contributed by atoms with Crippen LogP contribution in [0.5, 0.6) is 17.4 Å². The minimum atomic E-state index is -4.75. The number of amides is 2. The van der Waals surface area contributed by atoms with Gasteiger partial charge in [-0.15, -0.1) is 0 Å². The van der Waals surface area contributed by atoms with Crippen molar-refractivity contribution in [2.24, 2.45) is 0 Å². The number of benzene rings is 2. The number of piperazine rings is 1. The molecule has 1 fully saturated rings. The van der Waals surface area contributed by atoms with Gasteiger partial charge in [0.25, 0.3) is 0 Å². The number of anilines is 2. The number of aromatic nitrogens is 3. The van der Waals surface area contributed by atoms with Crippen LogP contribution in [0.15, 0.2) is 54.9 Å². The van der Waals surface area contributed by atoms with E-state index in [9.17, 15) is 18.0 Å². The number of halogens is 4. The molecule has 0 aliphatic carbocycles. The molecule has 50 heavy (non-hydrogen) atoms. The second-order valence-corrected chi connectivity index (χ2v) is 11.6. The smallest absolute Gasteiger partial charge is 0.416 e. The number of hydrogen-bond acceptors (Lipinski definition) is 9. The molecular weight excluding hydrogens is 658 g/mol. The minimum Gasteiger partial charge on any atom is -0.497 e. The van der Waals surface area contributed by atoms with E-state index < -0.39 is 29.3 Å². The number of pyridine rings is 1. The molecule has 0 unspecified atom stereocenters. The summed E-state index contributed by atoms with van der Waals surface area (Å²) in [6.07, 6.45) is -1.91. The van der Waals surface area contributed by atoms with E-state index >= 15 is 4.39 Å². The number of rotatable bonds is 12. The molecule has 0 radical (unpaired) electrons. The number of methoxy groups -OCH3 is 1. The van der Waals surface area contributed by atoms with Gasteiger partial charge in [0, 0.05) is 45.0 Å². The van der Waals surface area contributed by atoms with E-state index in [0.717, 1.165) is 37.0 Å². The summed E-state index contributed by atoms with van der Waals surface area (Å²) in [5.41, 5.74) is 0.0784. The number of nitrogens with zero attached hydrogens (tertiary/aromatic N) is 5. The lowest BCUT2D eigenvalue weighted by molar-refractivity contribution is -0.138. The summed E-state index contributed by atoms with van der Waals surface area (Å²) in [6, 6.07) is 9.56. The molecule has 1 saturated heterocycles. The van der Waals surface area contributed by atoms with Crippen molar-refractivity contribution >= 4 is 17.4 Å². The third-order valence-corrected chi connectivity index (χ3v) is 8.21. The van der Waals surface area contributed by atoms with E-state index in [1.807, 2.05) is 43.0 Å². The Hall–Kier alpha value is -5.02. The first kappa shape index (κ1) is 36.3. The quantitative estimate of drug-likeness (QED) is 0.155. The van der Waals surface area contributed by atoms with E-state index in [1.54, 1.807) is 20.1 Å². The zero-order chi connectivity index (χ0) is 35.8. The number of aryl methyl sites for hydroxylation is 1. The fraction of sp³-hybridized carbons (Fsp3) is 0.371. The van der Waals surface area contributed by atoms with Crippen LogP contribution in [0.1, 0.15) is 36.2 Å². The number of carbonyl (C=O) groups excluding carboxylic acids is 1. The Morgan fingerprint density at radius 1 is 0.920 bits per heavy atom. The lowest BCUT2D eigenvalue weighted by Gasteiger charge is -2.34. The highest BCUT2D eigenvalue weighted by atomic mass is 19.4. The Labute approximate surface area is 287 Å². The van der Waals surface area contributed by atoms with Gasteiger partial charge in [-0.25, -0.2) is 24.1 Å². The van der Waals surface area contributed by atoms with Crippen LogP contribution in [0.4, 0.5) is 33.7 Å².